The molecule has 2 aliphatic rings. The summed E-state index contributed by atoms with van der Waals surface area (Å²) in [5.41, 5.74) is 2.84. The molecule has 1 saturated carbocycles. The van der Waals surface area contributed by atoms with Gasteiger partial charge in [0.05, 0.1) is 11.4 Å². The van der Waals surface area contributed by atoms with Crippen LogP contribution in [0.5, 0.6) is 0 Å². The average Bonchev–Trinajstić information content (AvgIpc) is 2.77. The van der Waals surface area contributed by atoms with Crippen LogP contribution in [0, 0.1) is 5.82 Å². The molecule has 0 aliphatic heterocycles. The lowest BCUT2D eigenvalue weighted by molar-refractivity contribution is 0.387. The fourth-order valence-corrected chi connectivity index (χ4v) is 6.11. The molecule has 0 spiro atoms. The van der Waals surface area contributed by atoms with Crippen LogP contribution in [0.25, 0.3) is 0 Å². The van der Waals surface area contributed by atoms with Crippen LogP contribution in [0.4, 0.5) is 21.8 Å². The Morgan fingerprint density at radius 2 is 1.76 bits per heavy atom. The summed E-state index contributed by atoms with van der Waals surface area (Å²) in [6, 6.07) is 3.79. The minimum atomic E-state index is -0.365. The van der Waals surface area contributed by atoms with Crippen LogP contribution in [-0.2, 0) is 12.8 Å². The highest BCUT2D eigenvalue weighted by Crippen LogP contribution is 2.31. The van der Waals surface area contributed by atoms with E-state index in [-0.39, 0.29) is 11.9 Å². The zero-order valence-corrected chi connectivity index (χ0v) is 22.8. The average molecular weight is 600 g/mol. The highest BCUT2D eigenvalue weighted by Gasteiger charge is 2.24. The number of anilines is 3. The first-order valence-corrected chi connectivity index (χ1v) is 13.3. The molecule has 1 aromatic heterocycles. The van der Waals surface area contributed by atoms with Crippen LogP contribution in [0.3, 0.4) is 0 Å². The van der Waals surface area contributed by atoms with Gasteiger partial charge < -0.3 is 20.9 Å². The third kappa shape index (κ3) is 6.14. The van der Waals surface area contributed by atoms with Gasteiger partial charge in [0.2, 0.25) is 5.95 Å². The number of rotatable bonds is 5. The second-order valence-corrected chi connectivity index (χ2v) is 11.1. The lowest BCUT2D eigenvalue weighted by Crippen LogP contribution is -2.42. The predicted molar refractivity (Wildman–Crippen MR) is 144 cm³/mol. The monoisotopic (exact) mass is 598 g/mol. The second kappa shape index (κ2) is 10.8. The molecule has 0 bridgehead atoms. The molecule has 1 fully saturated rings. The number of hydrogen-bond acceptors (Lipinski definition) is 5. The quantitative estimate of drug-likeness (QED) is 0.376. The smallest absolute Gasteiger partial charge is 0.225 e. The highest BCUT2D eigenvalue weighted by atomic mass is 79.9. The maximum atomic E-state index is 14.3. The molecule has 0 atom stereocenters. The van der Waals surface area contributed by atoms with Crippen molar-refractivity contribution in [2.24, 2.45) is 0 Å². The molecule has 6 nitrogen and oxygen atoms in total. The largest absolute Gasteiger partial charge is 0.362 e. The van der Waals surface area contributed by atoms with Crippen molar-refractivity contribution >= 4 is 66.6 Å². The molecule has 33 heavy (non-hydrogen) atoms. The molecule has 0 saturated heterocycles. The van der Waals surface area contributed by atoms with Crippen molar-refractivity contribution in [3.8, 4) is 0 Å². The van der Waals surface area contributed by atoms with E-state index >= 15 is 0 Å². The van der Waals surface area contributed by atoms with E-state index in [0.29, 0.717) is 25.8 Å². The summed E-state index contributed by atoms with van der Waals surface area (Å²) >= 11 is 12.1. The van der Waals surface area contributed by atoms with Crippen LogP contribution in [0.1, 0.15) is 49.8 Å². The van der Waals surface area contributed by atoms with Crippen molar-refractivity contribution in [3.63, 3.8) is 0 Å². The summed E-state index contributed by atoms with van der Waals surface area (Å²) in [4.78, 5) is 11.8. The predicted octanol–water partition coefficient (Wildman–Crippen LogP) is 5.80. The minimum absolute atomic E-state index is 0.252. The second-order valence-electron chi connectivity index (χ2n) is 8.93. The molecule has 1 aromatic carbocycles. The number of thiocarbonyl (C=S) groups is 1. The van der Waals surface area contributed by atoms with Crippen LogP contribution in [0.15, 0.2) is 21.1 Å². The van der Waals surface area contributed by atoms with E-state index in [2.05, 4.69) is 52.7 Å². The van der Waals surface area contributed by atoms with Gasteiger partial charge in [0.1, 0.15) is 11.6 Å². The standard InChI is InChI=1S/C23H29Br2FN6S/c1-32(2)21-16-5-3-4-6-19(16)29-22(31-21)27-14-7-9-15(10-8-14)28-23(33)30-20-17(25)11-13(24)12-18(20)26/h11-12,14-15H,3-10H2,1-2H3,(H,27,29,31)(H2,28,30,33)/t14-,15+. The number of nitrogens with zero attached hydrogens (tertiary/aromatic N) is 3. The van der Waals surface area contributed by atoms with E-state index in [0.717, 1.165) is 50.3 Å². The molecule has 0 radical (unpaired) electrons. The van der Waals surface area contributed by atoms with Crippen molar-refractivity contribution in [2.75, 3.05) is 29.6 Å². The number of halogens is 3. The molecule has 178 valence electrons. The summed E-state index contributed by atoms with van der Waals surface area (Å²) < 4.78 is 15.5. The van der Waals surface area contributed by atoms with Gasteiger partial charge in [-0.05, 0) is 91.6 Å². The van der Waals surface area contributed by atoms with E-state index in [1.807, 2.05) is 14.1 Å². The van der Waals surface area contributed by atoms with Crippen LogP contribution >= 0.6 is 44.1 Å². The third-order valence-electron chi connectivity index (χ3n) is 6.23. The molecule has 0 amide bonds. The Hall–Kier alpha value is -1.52. The zero-order chi connectivity index (χ0) is 23.5. The minimum Gasteiger partial charge on any atom is -0.362 e. The summed E-state index contributed by atoms with van der Waals surface area (Å²) in [6.45, 7) is 0. The molecule has 10 heteroatoms. The van der Waals surface area contributed by atoms with Crippen LogP contribution in [-0.4, -0.2) is 41.3 Å². The van der Waals surface area contributed by atoms with E-state index in [4.69, 9.17) is 22.2 Å². The van der Waals surface area contributed by atoms with Gasteiger partial charge in [-0.3, -0.25) is 0 Å². The van der Waals surface area contributed by atoms with Gasteiger partial charge >= 0.3 is 0 Å². The lowest BCUT2D eigenvalue weighted by atomic mass is 9.91. The molecule has 2 aromatic rings. The van der Waals surface area contributed by atoms with Crippen molar-refractivity contribution in [3.05, 3.63) is 38.2 Å². The van der Waals surface area contributed by atoms with Gasteiger partial charge in [-0.15, -0.1) is 0 Å². The first kappa shape index (κ1) is 24.6. The Balaban J connectivity index is 1.31. The Labute approximate surface area is 216 Å². The van der Waals surface area contributed by atoms with Gasteiger partial charge in [0.15, 0.2) is 5.11 Å². The van der Waals surface area contributed by atoms with Crippen LogP contribution < -0.4 is 20.9 Å². The molecule has 4 rings (SSSR count). The van der Waals surface area contributed by atoms with E-state index < -0.39 is 0 Å². The first-order valence-electron chi connectivity index (χ1n) is 11.4. The summed E-state index contributed by atoms with van der Waals surface area (Å²) in [5.74, 6) is 1.42. The van der Waals surface area contributed by atoms with Crippen molar-refractivity contribution in [1.29, 1.82) is 0 Å². The van der Waals surface area contributed by atoms with Gasteiger partial charge in [0.25, 0.3) is 0 Å². The van der Waals surface area contributed by atoms with Gasteiger partial charge in [0, 0.05) is 40.7 Å². The zero-order valence-electron chi connectivity index (χ0n) is 18.9. The Bertz CT molecular complexity index is 1000. The normalized spacial score (nSPS) is 20.0. The number of aromatic nitrogens is 2. The van der Waals surface area contributed by atoms with E-state index in [1.54, 1.807) is 6.07 Å². The Morgan fingerprint density at radius 1 is 1.06 bits per heavy atom. The van der Waals surface area contributed by atoms with Gasteiger partial charge in [-0.2, -0.15) is 4.98 Å². The Kier molecular flexibility index (Phi) is 8.07. The highest BCUT2D eigenvalue weighted by molar-refractivity contribution is 9.11. The summed E-state index contributed by atoms with van der Waals surface area (Å²) in [5, 5.41) is 10.3. The Morgan fingerprint density at radius 3 is 2.45 bits per heavy atom. The summed E-state index contributed by atoms with van der Waals surface area (Å²) in [7, 11) is 4.10. The van der Waals surface area contributed by atoms with E-state index in [9.17, 15) is 4.39 Å². The van der Waals surface area contributed by atoms with E-state index in [1.165, 1.54) is 30.2 Å². The number of nitrogens with one attached hydrogen (secondary N) is 3. The topological polar surface area (TPSA) is 65.1 Å². The fraction of sp³-hybridized carbons (Fsp3) is 0.522. The number of benzene rings is 1. The molecular formula is C23H29Br2FN6S. The SMILES string of the molecule is CN(C)c1nc(N[C@H]2CC[C@@H](NC(=S)Nc3c(F)cc(Br)cc3Br)CC2)nc2c1CCCC2. The first-order chi connectivity index (χ1) is 15.8. The molecule has 2 aliphatic carbocycles. The fourth-order valence-electron chi connectivity index (χ4n) is 4.57. The maximum Gasteiger partial charge on any atom is 0.225 e. The third-order valence-corrected chi connectivity index (χ3v) is 7.53. The lowest BCUT2D eigenvalue weighted by Gasteiger charge is -2.31. The molecule has 1 heterocycles. The summed E-state index contributed by atoms with van der Waals surface area (Å²) in [6.07, 6.45) is 8.43. The number of fused-ring (bicyclic) bond motifs is 1. The van der Waals surface area contributed by atoms with Crippen molar-refractivity contribution in [2.45, 2.75) is 63.5 Å². The molecule has 3 N–H and O–H groups in total. The van der Waals surface area contributed by atoms with Gasteiger partial charge in [-0.1, -0.05) is 15.9 Å². The van der Waals surface area contributed by atoms with Crippen LogP contribution in [0.2, 0.25) is 0 Å². The maximum absolute atomic E-state index is 14.3. The molecular weight excluding hydrogens is 571 g/mol. The molecule has 0 unspecified atom stereocenters. The number of aryl methyl sites for hydroxylation is 1. The number of hydrogen-bond donors (Lipinski definition) is 3. The van der Waals surface area contributed by atoms with Crippen molar-refractivity contribution < 1.29 is 4.39 Å². The van der Waals surface area contributed by atoms with Gasteiger partial charge in [-0.25, -0.2) is 9.37 Å². The van der Waals surface area contributed by atoms with Crippen molar-refractivity contribution in [1.82, 2.24) is 15.3 Å².